The summed E-state index contributed by atoms with van der Waals surface area (Å²) in [5, 5.41) is 2.47. The number of benzene rings is 2. The highest BCUT2D eigenvalue weighted by Gasteiger charge is 2.37. The number of rotatable bonds is 2. The van der Waals surface area contributed by atoms with Gasteiger partial charge in [0, 0.05) is 12.2 Å². The first-order valence-corrected chi connectivity index (χ1v) is 10.0. The average Bonchev–Trinajstić information content (AvgIpc) is 3.08. The summed E-state index contributed by atoms with van der Waals surface area (Å²) in [6.07, 6.45) is -8.90. The summed E-state index contributed by atoms with van der Waals surface area (Å²) in [7, 11) is 0. The molecule has 1 unspecified atom stereocenters. The van der Waals surface area contributed by atoms with Crippen LogP contribution in [0.1, 0.15) is 36.6 Å². The van der Waals surface area contributed by atoms with Crippen LogP contribution in [0.5, 0.6) is 0 Å². The molecular formula is C21H18F6N4O2. The molecule has 33 heavy (non-hydrogen) atoms. The second kappa shape index (κ2) is 8.16. The van der Waals surface area contributed by atoms with Crippen molar-refractivity contribution < 1.29 is 31.1 Å². The molecule has 0 radical (unpaired) electrons. The van der Waals surface area contributed by atoms with Gasteiger partial charge in [-0.05, 0) is 55.7 Å². The number of hydrogen-bond donors (Lipinski definition) is 2. The van der Waals surface area contributed by atoms with E-state index < -0.39 is 41.4 Å². The highest BCUT2D eigenvalue weighted by Crippen LogP contribution is 2.37. The van der Waals surface area contributed by atoms with Gasteiger partial charge in [0.05, 0.1) is 22.2 Å². The highest BCUT2D eigenvalue weighted by molar-refractivity contribution is 5.89. The monoisotopic (exact) mass is 472 g/mol. The van der Waals surface area contributed by atoms with Crippen LogP contribution in [0.15, 0.2) is 47.3 Å². The van der Waals surface area contributed by atoms with Gasteiger partial charge in [-0.15, -0.1) is 0 Å². The number of fused-ring (bicyclic) bond motifs is 1. The molecule has 6 nitrogen and oxygen atoms in total. The van der Waals surface area contributed by atoms with Gasteiger partial charge >= 0.3 is 24.1 Å². The third-order valence-electron chi connectivity index (χ3n) is 5.54. The van der Waals surface area contributed by atoms with Gasteiger partial charge in [0.2, 0.25) is 0 Å². The molecule has 2 N–H and O–H groups in total. The molecule has 1 saturated heterocycles. The summed E-state index contributed by atoms with van der Waals surface area (Å²) >= 11 is 0. The van der Waals surface area contributed by atoms with Crippen LogP contribution >= 0.6 is 0 Å². The number of nitrogens with zero attached hydrogens (tertiary/aromatic N) is 2. The molecule has 2 aromatic carbocycles. The van der Waals surface area contributed by atoms with Crippen LogP contribution in [0.25, 0.3) is 11.0 Å². The van der Waals surface area contributed by atoms with Crippen LogP contribution in [0.2, 0.25) is 0 Å². The van der Waals surface area contributed by atoms with Crippen molar-refractivity contribution in [2.75, 3.05) is 11.9 Å². The van der Waals surface area contributed by atoms with Gasteiger partial charge in [0.15, 0.2) is 0 Å². The van der Waals surface area contributed by atoms with Crippen LogP contribution in [-0.4, -0.2) is 27.0 Å². The number of urea groups is 1. The van der Waals surface area contributed by atoms with E-state index in [0.717, 1.165) is 34.9 Å². The van der Waals surface area contributed by atoms with E-state index in [2.05, 4.69) is 10.3 Å². The lowest BCUT2D eigenvalue weighted by molar-refractivity contribution is -0.138. The molecule has 2 amide bonds. The molecule has 0 saturated carbocycles. The number of anilines is 1. The standard InChI is InChI=1S/C21H18F6N4O2/c22-20(23,24)12-7-9-13(10-8-12)28-18(32)30-11-2-1-6-16(30)31-17-14(21(25,26)27)4-3-5-15(17)29-19(31)33/h3-5,7-10,16H,1-2,6,11H2,(H,28,32)(H,29,33). The minimum atomic E-state index is -4.72. The van der Waals surface area contributed by atoms with Crippen molar-refractivity contribution in [3.63, 3.8) is 0 Å². The second-order valence-corrected chi connectivity index (χ2v) is 7.67. The van der Waals surface area contributed by atoms with Gasteiger partial charge in [-0.2, -0.15) is 26.3 Å². The zero-order chi connectivity index (χ0) is 24.0. The minimum Gasteiger partial charge on any atom is -0.308 e. The first-order valence-electron chi connectivity index (χ1n) is 10.0. The van der Waals surface area contributed by atoms with Crippen LogP contribution in [-0.2, 0) is 12.4 Å². The maximum absolute atomic E-state index is 13.6. The number of hydrogen-bond acceptors (Lipinski definition) is 2. The Morgan fingerprint density at radius 1 is 0.970 bits per heavy atom. The predicted molar refractivity (Wildman–Crippen MR) is 108 cm³/mol. The Balaban J connectivity index is 1.69. The lowest BCUT2D eigenvalue weighted by Crippen LogP contribution is -2.45. The van der Waals surface area contributed by atoms with Gasteiger partial charge in [0.1, 0.15) is 6.17 Å². The zero-order valence-electron chi connectivity index (χ0n) is 16.9. The van der Waals surface area contributed by atoms with E-state index >= 15 is 0 Å². The van der Waals surface area contributed by atoms with Crippen molar-refractivity contribution >= 4 is 22.8 Å². The highest BCUT2D eigenvalue weighted by atomic mass is 19.4. The second-order valence-electron chi connectivity index (χ2n) is 7.67. The van der Waals surface area contributed by atoms with E-state index in [4.69, 9.17) is 0 Å². The molecule has 12 heteroatoms. The van der Waals surface area contributed by atoms with Crippen LogP contribution in [0, 0.1) is 0 Å². The fraction of sp³-hybridized carbons (Fsp3) is 0.333. The van der Waals surface area contributed by atoms with E-state index in [1.165, 1.54) is 17.0 Å². The predicted octanol–water partition coefficient (Wildman–Crippen LogP) is 5.58. The molecule has 1 fully saturated rings. The number of amides is 2. The van der Waals surface area contributed by atoms with E-state index in [0.29, 0.717) is 12.8 Å². The number of halogens is 6. The number of piperidine rings is 1. The van der Waals surface area contributed by atoms with E-state index in [1.54, 1.807) is 0 Å². The molecule has 1 aromatic heterocycles. The van der Waals surface area contributed by atoms with Crippen LogP contribution < -0.4 is 11.0 Å². The van der Waals surface area contributed by atoms with Crippen molar-refractivity contribution in [3.05, 3.63) is 64.1 Å². The van der Waals surface area contributed by atoms with Crippen molar-refractivity contribution in [1.29, 1.82) is 0 Å². The molecule has 1 aliphatic heterocycles. The van der Waals surface area contributed by atoms with Crippen molar-refractivity contribution in [3.8, 4) is 0 Å². The minimum absolute atomic E-state index is 0.0107. The number of carbonyl (C=O) groups excluding carboxylic acids is 1. The Bertz CT molecular complexity index is 1230. The third-order valence-corrected chi connectivity index (χ3v) is 5.54. The van der Waals surface area contributed by atoms with Crippen molar-refractivity contribution in [2.45, 2.75) is 37.8 Å². The number of H-pyrrole nitrogens is 1. The molecule has 1 aliphatic rings. The Kier molecular flexibility index (Phi) is 5.62. The number of likely N-dealkylation sites (tertiary alicyclic amines) is 1. The summed E-state index contributed by atoms with van der Waals surface area (Å²) in [5.41, 5.74) is -2.97. The molecule has 4 rings (SSSR count). The Hall–Kier alpha value is -3.44. The number of nitrogens with one attached hydrogen (secondary N) is 2. The summed E-state index contributed by atoms with van der Waals surface area (Å²) in [6.45, 7) is 0.157. The maximum atomic E-state index is 13.6. The molecule has 3 aromatic rings. The third kappa shape index (κ3) is 4.41. The molecule has 0 spiro atoms. The molecule has 1 atom stereocenters. The summed E-state index contributed by atoms with van der Waals surface area (Å²) in [6, 6.07) is 6.44. The largest absolute Gasteiger partial charge is 0.418 e. The SMILES string of the molecule is O=C(Nc1ccc(C(F)(F)F)cc1)N1CCCCC1n1c(=O)[nH]c2cccc(C(F)(F)F)c21. The zero-order valence-corrected chi connectivity index (χ0v) is 16.9. The number of aromatic nitrogens is 2. The Morgan fingerprint density at radius 3 is 2.30 bits per heavy atom. The quantitative estimate of drug-likeness (QED) is 0.478. The summed E-state index contributed by atoms with van der Waals surface area (Å²) in [5.74, 6) is 0. The fourth-order valence-corrected chi connectivity index (χ4v) is 4.05. The average molecular weight is 472 g/mol. The van der Waals surface area contributed by atoms with Gasteiger partial charge in [-0.1, -0.05) is 6.07 Å². The first-order chi connectivity index (χ1) is 15.5. The topological polar surface area (TPSA) is 70.1 Å². The van der Waals surface area contributed by atoms with Crippen molar-refractivity contribution in [2.24, 2.45) is 0 Å². The maximum Gasteiger partial charge on any atom is 0.418 e. The number of carbonyl (C=O) groups is 1. The Labute approximate surface area is 182 Å². The molecule has 2 heterocycles. The van der Waals surface area contributed by atoms with E-state index in [9.17, 15) is 35.9 Å². The van der Waals surface area contributed by atoms with Gasteiger partial charge in [-0.25, -0.2) is 9.59 Å². The molecule has 0 bridgehead atoms. The van der Waals surface area contributed by atoms with E-state index in [-0.39, 0.29) is 29.7 Å². The van der Waals surface area contributed by atoms with Gasteiger partial charge in [0.25, 0.3) is 0 Å². The lowest BCUT2D eigenvalue weighted by Gasteiger charge is -2.36. The number of aromatic amines is 1. The lowest BCUT2D eigenvalue weighted by atomic mass is 10.1. The first kappa shape index (κ1) is 22.7. The normalized spacial score (nSPS) is 17.4. The Morgan fingerprint density at radius 2 is 1.67 bits per heavy atom. The number of para-hydroxylation sites is 1. The fourth-order valence-electron chi connectivity index (χ4n) is 4.05. The molecule has 0 aliphatic carbocycles. The van der Waals surface area contributed by atoms with Crippen molar-refractivity contribution in [1.82, 2.24) is 14.5 Å². The number of imidazole rings is 1. The van der Waals surface area contributed by atoms with Gasteiger partial charge in [-0.3, -0.25) is 4.57 Å². The smallest absolute Gasteiger partial charge is 0.308 e. The van der Waals surface area contributed by atoms with Gasteiger partial charge < -0.3 is 15.2 Å². The number of alkyl halides is 6. The molecule has 176 valence electrons. The van der Waals surface area contributed by atoms with E-state index in [1.807, 2.05) is 0 Å². The molecular weight excluding hydrogens is 454 g/mol. The summed E-state index contributed by atoms with van der Waals surface area (Å²) in [4.78, 5) is 29.2. The van der Waals surface area contributed by atoms with Crippen LogP contribution in [0.3, 0.4) is 0 Å². The van der Waals surface area contributed by atoms with Crippen LogP contribution in [0.4, 0.5) is 36.8 Å². The summed E-state index contributed by atoms with van der Waals surface area (Å²) < 4.78 is 80.1.